The van der Waals surface area contributed by atoms with Gasteiger partial charge in [-0.25, -0.2) is 4.99 Å². The summed E-state index contributed by atoms with van der Waals surface area (Å²) >= 11 is 0. The number of aliphatic imine (C=N–C) groups is 1. The molecule has 1 heterocycles. The fraction of sp³-hybridized carbons (Fsp3) is 0.500. The molecule has 1 rings (SSSR count). The first-order valence-corrected chi connectivity index (χ1v) is 4.31. The zero-order valence-electron chi connectivity index (χ0n) is 7.83. The first-order valence-electron chi connectivity index (χ1n) is 4.31. The molecule has 0 saturated heterocycles. The summed E-state index contributed by atoms with van der Waals surface area (Å²) in [6.45, 7) is 3.94. The summed E-state index contributed by atoms with van der Waals surface area (Å²) < 4.78 is 0. The molecule has 5 nitrogen and oxygen atoms in total. The average Bonchev–Trinajstić information content (AvgIpc) is 2.61. The van der Waals surface area contributed by atoms with E-state index in [1.807, 2.05) is 19.3 Å². The van der Waals surface area contributed by atoms with E-state index in [2.05, 4.69) is 15.2 Å². The van der Waals surface area contributed by atoms with Crippen LogP contribution in [0.1, 0.15) is 25.8 Å². The molecule has 0 aliphatic rings. The summed E-state index contributed by atoms with van der Waals surface area (Å²) in [6.07, 6.45) is 3.26. The van der Waals surface area contributed by atoms with Crippen LogP contribution in [0.2, 0.25) is 0 Å². The maximum Gasteiger partial charge on any atom is 0.153 e. The number of nitrogens with one attached hydrogen (secondary N) is 2. The number of hydroxylamine groups is 1. The smallest absolute Gasteiger partial charge is 0.153 e. The van der Waals surface area contributed by atoms with Crippen LogP contribution in [0.3, 0.4) is 0 Å². The molecule has 0 aromatic carbocycles. The summed E-state index contributed by atoms with van der Waals surface area (Å²) in [5, 5.41) is 15.3. The second kappa shape index (κ2) is 4.61. The zero-order valence-corrected chi connectivity index (χ0v) is 7.83. The highest BCUT2D eigenvalue weighted by atomic mass is 16.5. The lowest BCUT2D eigenvalue weighted by atomic mass is 10.2. The second-order valence-electron chi connectivity index (χ2n) is 2.62. The molecule has 0 saturated carbocycles. The van der Waals surface area contributed by atoms with Gasteiger partial charge >= 0.3 is 0 Å². The van der Waals surface area contributed by atoms with Crippen molar-refractivity contribution in [3.8, 4) is 0 Å². The minimum Gasteiger partial charge on any atom is -0.290 e. The van der Waals surface area contributed by atoms with Gasteiger partial charge in [-0.2, -0.15) is 5.10 Å². The van der Waals surface area contributed by atoms with E-state index >= 15 is 0 Å². The Morgan fingerprint density at radius 1 is 1.69 bits per heavy atom. The Kier molecular flexibility index (Phi) is 3.45. The lowest BCUT2D eigenvalue weighted by molar-refractivity contribution is 0.232. The number of rotatable bonds is 3. The van der Waals surface area contributed by atoms with Crippen molar-refractivity contribution in [3.05, 3.63) is 11.8 Å². The number of hydrogen-bond acceptors (Lipinski definition) is 3. The van der Waals surface area contributed by atoms with E-state index in [1.54, 1.807) is 6.20 Å². The molecule has 0 aliphatic carbocycles. The zero-order chi connectivity index (χ0) is 9.68. The van der Waals surface area contributed by atoms with Gasteiger partial charge in [0.05, 0.1) is 6.20 Å². The predicted molar refractivity (Wildman–Crippen MR) is 50.3 cm³/mol. The molecule has 0 spiro atoms. The third kappa shape index (κ3) is 2.29. The fourth-order valence-corrected chi connectivity index (χ4v) is 0.978. The van der Waals surface area contributed by atoms with Crippen LogP contribution in [0.5, 0.6) is 0 Å². The minimum absolute atomic E-state index is 0.527. The van der Waals surface area contributed by atoms with Crippen LogP contribution in [0, 0.1) is 0 Å². The van der Waals surface area contributed by atoms with E-state index < -0.39 is 0 Å². The highest BCUT2D eigenvalue weighted by Crippen LogP contribution is 2.15. The molecule has 5 heteroatoms. The van der Waals surface area contributed by atoms with Gasteiger partial charge in [0.2, 0.25) is 0 Å². The van der Waals surface area contributed by atoms with Gasteiger partial charge in [-0.15, -0.1) is 0 Å². The van der Waals surface area contributed by atoms with Crippen LogP contribution >= 0.6 is 0 Å². The second-order valence-corrected chi connectivity index (χ2v) is 2.62. The van der Waals surface area contributed by atoms with Crippen molar-refractivity contribution < 1.29 is 5.21 Å². The molecule has 1 aromatic rings. The molecular formula is C8H14N4O. The highest BCUT2D eigenvalue weighted by Gasteiger charge is 2.02. The number of H-pyrrole nitrogens is 1. The van der Waals surface area contributed by atoms with Gasteiger partial charge in [-0.1, -0.05) is 13.8 Å². The Morgan fingerprint density at radius 3 is 3.00 bits per heavy atom. The van der Waals surface area contributed by atoms with E-state index in [4.69, 9.17) is 5.21 Å². The lowest BCUT2D eigenvalue weighted by Crippen LogP contribution is -2.17. The number of hydrogen-bond donors (Lipinski definition) is 3. The largest absolute Gasteiger partial charge is 0.290 e. The van der Waals surface area contributed by atoms with E-state index in [0.29, 0.717) is 18.1 Å². The van der Waals surface area contributed by atoms with Gasteiger partial charge in [-0.05, 0) is 6.42 Å². The monoisotopic (exact) mass is 182 g/mol. The number of aromatic amines is 1. The molecule has 0 bridgehead atoms. The van der Waals surface area contributed by atoms with Gasteiger partial charge in [-0.3, -0.25) is 15.8 Å². The van der Waals surface area contributed by atoms with E-state index in [-0.39, 0.29) is 0 Å². The molecule has 0 fully saturated rings. The van der Waals surface area contributed by atoms with Crippen LogP contribution in [0.4, 0.5) is 5.82 Å². The molecule has 0 aliphatic heterocycles. The van der Waals surface area contributed by atoms with Crippen molar-refractivity contribution in [1.82, 2.24) is 15.7 Å². The van der Waals surface area contributed by atoms with E-state index in [0.717, 1.165) is 12.0 Å². The lowest BCUT2D eigenvalue weighted by Gasteiger charge is -1.99. The number of nitrogens with zero attached hydrogens (tertiary/aromatic N) is 2. The normalized spacial score (nSPS) is 11.8. The summed E-state index contributed by atoms with van der Waals surface area (Å²) in [4.78, 5) is 4.16. The highest BCUT2D eigenvalue weighted by molar-refractivity contribution is 5.83. The quantitative estimate of drug-likeness (QED) is 0.375. The Hall–Kier alpha value is -1.36. The third-order valence-electron chi connectivity index (χ3n) is 1.79. The summed E-state index contributed by atoms with van der Waals surface area (Å²) in [5.74, 6) is 1.24. The van der Waals surface area contributed by atoms with Crippen LogP contribution in [0.25, 0.3) is 0 Å². The van der Waals surface area contributed by atoms with Crippen molar-refractivity contribution in [2.45, 2.75) is 26.7 Å². The van der Waals surface area contributed by atoms with Crippen molar-refractivity contribution >= 4 is 11.7 Å². The summed E-state index contributed by atoms with van der Waals surface area (Å²) in [7, 11) is 0. The van der Waals surface area contributed by atoms with Crippen LogP contribution < -0.4 is 5.48 Å². The Bertz CT molecular complexity index is 286. The summed E-state index contributed by atoms with van der Waals surface area (Å²) in [6, 6.07) is 0. The molecular weight excluding hydrogens is 168 g/mol. The van der Waals surface area contributed by atoms with Crippen LogP contribution in [-0.2, 0) is 6.42 Å². The maximum absolute atomic E-state index is 8.67. The van der Waals surface area contributed by atoms with Gasteiger partial charge in [0.1, 0.15) is 5.84 Å². The molecule has 0 atom stereocenters. The van der Waals surface area contributed by atoms with Crippen molar-refractivity contribution in [3.63, 3.8) is 0 Å². The molecule has 0 amide bonds. The Balaban J connectivity index is 2.88. The molecule has 3 N–H and O–H groups in total. The van der Waals surface area contributed by atoms with Crippen LogP contribution in [0.15, 0.2) is 11.2 Å². The first-order chi connectivity index (χ1) is 6.31. The van der Waals surface area contributed by atoms with E-state index in [1.165, 1.54) is 0 Å². The van der Waals surface area contributed by atoms with E-state index in [9.17, 15) is 0 Å². The van der Waals surface area contributed by atoms with Crippen molar-refractivity contribution in [1.29, 1.82) is 0 Å². The Morgan fingerprint density at radius 2 is 2.46 bits per heavy atom. The maximum atomic E-state index is 8.67. The third-order valence-corrected chi connectivity index (χ3v) is 1.79. The van der Waals surface area contributed by atoms with Gasteiger partial charge in [0, 0.05) is 12.0 Å². The minimum atomic E-state index is 0.527. The Labute approximate surface area is 76.8 Å². The molecule has 0 radical (unpaired) electrons. The SMILES string of the molecule is CCC(=Nc1[nH]ncc1CC)NO. The molecule has 72 valence electrons. The fourth-order valence-electron chi connectivity index (χ4n) is 0.978. The first kappa shape index (κ1) is 9.73. The molecule has 13 heavy (non-hydrogen) atoms. The van der Waals surface area contributed by atoms with Gasteiger partial charge < -0.3 is 0 Å². The molecule has 0 unspecified atom stereocenters. The number of aromatic nitrogens is 2. The topological polar surface area (TPSA) is 73.3 Å². The molecule has 1 aromatic heterocycles. The summed E-state index contributed by atoms with van der Waals surface area (Å²) in [5.41, 5.74) is 3.09. The van der Waals surface area contributed by atoms with Crippen molar-refractivity contribution in [2.75, 3.05) is 0 Å². The van der Waals surface area contributed by atoms with Crippen molar-refractivity contribution in [2.24, 2.45) is 4.99 Å². The van der Waals surface area contributed by atoms with Gasteiger partial charge in [0.15, 0.2) is 5.82 Å². The predicted octanol–water partition coefficient (Wildman–Crippen LogP) is 1.39. The number of amidine groups is 1. The van der Waals surface area contributed by atoms with Gasteiger partial charge in [0.25, 0.3) is 0 Å². The standard InChI is InChI=1S/C8H14N4O/c1-3-6-5-9-11-8(6)10-7(4-2)12-13/h5,13H,3-4H2,1-2H3,(H2,9,10,11,12). The number of aryl methyl sites for hydroxylation is 1. The average molecular weight is 182 g/mol. The van der Waals surface area contributed by atoms with Crippen LogP contribution in [-0.4, -0.2) is 21.2 Å².